The molecule has 0 saturated heterocycles. The van der Waals surface area contributed by atoms with Crippen LogP contribution in [0, 0.1) is 10.1 Å². The van der Waals surface area contributed by atoms with Crippen LogP contribution in [0.15, 0.2) is 53.6 Å². The molecule has 0 aliphatic carbocycles. The summed E-state index contributed by atoms with van der Waals surface area (Å²) in [4.78, 5) is 10.8. The molecule has 0 radical (unpaired) electrons. The van der Waals surface area contributed by atoms with E-state index in [4.69, 9.17) is 11.6 Å². The lowest BCUT2D eigenvalue weighted by molar-refractivity contribution is -0.385. The molecule has 1 heterocycles. The van der Waals surface area contributed by atoms with Crippen molar-refractivity contribution in [2.45, 2.75) is 11.8 Å². The fourth-order valence-corrected chi connectivity index (χ4v) is 3.68. The summed E-state index contributed by atoms with van der Waals surface area (Å²) >= 11 is 7.61. The Morgan fingerprint density at radius 1 is 1.23 bits per heavy atom. The number of hydrazone groups is 1. The first kappa shape index (κ1) is 14.9. The number of hydrogen-bond acceptors (Lipinski definition) is 5. The number of nitro groups is 1. The Labute approximate surface area is 136 Å². The Balaban J connectivity index is 1.79. The fraction of sp³-hybridized carbons (Fsp3) is 0.133. The van der Waals surface area contributed by atoms with Crippen LogP contribution in [0.1, 0.15) is 16.5 Å². The van der Waals surface area contributed by atoms with Gasteiger partial charge >= 0.3 is 0 Å². The average Bonchev–Trinajstić information content (AvgIpc) is 2.96. The summed E-state index contributed by atoms with van der Waals surface area (Å²) in [6.45, 7) is 0. The zero-order chi connectivity index (χ0) is 15.5. The van der Waals surface area contributed by atoms with Gasteiger partial charge in [0.05, 0.1) is 20.6 Å². The second-order valence-corrected chi connectivity index (χ2v) is 6.31. The van der Waals surface area contributed by atoms with Crippen LogP contribution in [-0.4, -0.2) is 9.97 Å². The summed E-state index contributed by atoms with van der Waals surface area (Å²) < 4.78 is 0. The SMILES string of the molecule is O=[N+]([O-])c1cccc(Cl)c1[C@H]1NN=C(Cc2ccccc2)S1. The number of nitro benzene ring substituents is 1. The number of nitrogens with one attached hydrogen (secondary N) is 1. The second kappa shape index (κ2) is 6.37. The van der Waals surface area contributed by atoms with Gasteiger partial charge < -0.3 is 0 Å². The van der Waals surface area contributed by atoms with Crippen molar-refractivity contribution in [3.05, 3.63) is 74.8 Å². The molecule has 5 nitrogen and oxygen atoms in total. The van der Waals surface area contributed by atoms with E-state index in [1.54, 1.807) is 12.1 Å². The quantitative estimate of drug-likeness (QED) is 0.674. The smallest absolute Gasteiger partial charge is 0.277 e. The lowest BCUT2D eigenvalue weighted by Gasteiger charge is -2.11. The first-order valence-electron chi connectivity index (χ1n) is 6.60. The standard InChI is InChI=1S/C15H12ClN3O2S/c16-11-7-4-8-12(19(20)21)14(11)15-18-17-13(22-15)9-10-5-2-1-3-6-10/h1-8,15,18H,9H2/t15-/m0/s1. The van der Waals surface area contributed by atoms with Crippen LogP contribution in [0.5, 0.6) is 0 Å². The van der Waals surface area contributed by atoms with E-state index < -0.39 is 4.92 Å². The summed E-state index contributed by atoms with van der Waals surface area (Å²) in [6.07, 6.45) is 0.688. The molecule has 7 heteroatoms. The molecule has 1 aliphatic heterocycles. The minimum absolute atomic E-state index is 0.00802. The van der Waals surface area contributed by atoms with Gasteiger partial charge in [-0.25, -0.2) is 0 Å². The summed E-state index contributed by atoms with van der Waals surface area (Å²) in [5.74, 6) is 0. The van der Waals surface area contributed by atoms with E-state index in [2.05, 4.69) is 10.5 Å². The third-order valence-electron chi connectivity index (χ3n) is 3.25. The van der Waals surface area contributed by atoms with E-state index in [0.717, 1.165) is 10.6 Å². The van der Waals surface area contributed by atoms with Crippen molar-refractivity contribution in [2.75, 3.05) is 0 Å². The number of hydrogen-bond donors (Lipinski definition) is 1. The topological polar surface area (TPSA) is 67.5 Å². The van der Waals surface area contributed by atoms with E-state index in [1.807, 2.05) is 30.3 Å². The Morgan fingerprint density at radius 3 is 2.73 bits per heavy atom. The fourth-order valence-electron chi connectivity index (χ4n) is 2.24. The predicted molar refractivity (Wildman–Crippen MR) is 89.2 cm³/mol. The van der Waals surface area contributed by atoms with Crippen molar-refractivity contribution in [2.24, 2.45) is 5.10 Å². The van der Waals surface area contributed by atoms with Crippen molar-refractivity contribution in [1.29, 1.82) is 0 Å². The van der Waals surface area contributed by atoms with Gasteiger partial charge in [-0.3, -0.25) is 15.5 Å². The number of nitrogens with zero attached hydrogens (tertiary/aromatic N) is 2. The van der Waals surface area contributed by atoms with Gasteiger partial charge in [0, 0.05) is 12.5 Å². The molecule has 0 saturated carbocycles. The van der Waals surface area contributed by atoms with E-state index >= 15 is 0 Å². The molecule has 3 rings (SSSR count). The number of thioether (sulfide) groups is 1. The van der Waals surface area contributed by atoms with Gasteiger partial charge in [-0.1, -0.05) is 59.8 Å². The largest absolute Gasteiger partial charge is 0.291 e. The molecule has 0 amide bonds. The minimum atomic E-state index is -0.418. The number of halogens is 1. The third-order valence-corrected chi connectivity index (χ3v) is 4.66. The number of rotatable bonds is 4. The van der Waals surface area contributed by atoms with Gasteiger partial charge in [-0.2, -0.15) is 5.10 Å². The Kier molecular flexibility index (Phi) is 4.31. The van der Waals surface area contributed by atoms with E-state index in [9.17, 15) is 10.1 Å². The van der Waals surface area contributed by atoms with Crippen molar-refractivity contribution >= 4 is 34.1 Å². The Bertz CT molecular complexity index is 737. The molecule has 1 N–H and O–H groups in total. The average molecular weight is 334 g/mol. The molecular weight excluding hydrogens is 322 g/mol. The lowest BCUT2D eigenvalue weighted by Crippen LogP contribution is -2.10. The summed E-state index contributed by atoms with van der Waals surface area (Å²) in [5, 5.41) is 16.4. The van der Waals surface area contributed by atoms with Crippen LogP contribution in [0.2, 0.25) is 5.02 Å². The van der Waals surface area contributed by atoms with Crippen LogP contribution in [0.3, 0.4) is 0 Å². The third kappa shape index (κ3) is 3.08. The van der Waals surface area contributed by atoms with E-state index in [1.165, 1.54) is 17.8 Å². The maximum absolute atomic E-state index is 11.2. The maximum atomic E-state index is 11.2. The lowest BCUT2D eigenvalue weighted by atomic mass is 10.2. The first-order valence-corrected chi connectivity index (χ1v) is 7.86. The number of benzene rings is 2. The molecular formula is C15H12ClN3O2S. The van der Waals surface area contributed by atoms with Crippen LogP contribution in [0.4, 0.5) is 5.69 Å². The molecule has 2 aromatic rings. The van der Waals surface area contributed by atoms with Crippen molar-refractivity contribution < 1.29 is 4.92 Å². The van der Waals surface area contributed by atoms with Crippen LogP contribution >= 0.6 is 23.4 Å². The molecule has 0 spiro atoms. The molecule has 0 bridgehead atoms. The Hall–Kier alpha value is -2.05. The maximum Gasteiger partial charge on any atom is 0.277 e. The zero-order valence-corrected chi connectivity index (χ0v) is 13.0. The summed E-state index contributed by atoms with van der Waals surface area (Å²) in [5.41, 5.74) is 4.56. The van der Waals surface area contributed by atoms with Crippen LogP contribution in [-0.2, 0) is 6.42 Å². The van der Waals surface area contributed by atoms with Crippen LogP contribution in [0.25, 0.3) is 0 Å². The van der Waals surface area contributed by atoms with Crippen LogP contribution < -0.4 is 5.43 Å². The molecule has 0 unspecified atom stereocenters. The van der Waals surface area contributed by atoms with Gasteiger partial charge in [0.1, 0.15) is 5.37 Å². The second-order valence-electron chi connectivity index (χ2n) is 4.72. The van der Waals surface area contributed by atoms with Crippen molar-refractivity contribution in [3.8, 4) is 0 Å². The van der Waals surface area contributed by atoms with Gasteiger partial charge in [-0.05, 0) is 11.6 Å². The molecule has 1 aliphatic rings. The molecule has 0 fully saturated rings. The zero-order valence-electron chi connectivity index (χ0n) is 11.4. The highest BCUT2D eigenvalue weighted by Gasteiger charge is 2.29. The first-order chi connectivity index (χ1) is 10.6. The molecule has 112 valence electrons. The van der Waals surface area contributed by atoms with Gasteiger partial charge in [0.15, 0.2) is 0 Å². The highest BCUT2D eigenvalue weighted by Crippen LogP contribution is 2.41. The van der Waals surface area contributed by atoms with Crippen molar-refractivity contribution in [1.82, 2.24) is 5.43 Å². The summed E-state index contributed by atoms with van der Waals surface area (Å²) in [7, 11) is 0. The molecule has 2 aromatic carbocycles. The molecule has 22 heavy (non-hydrogen) atoms. The molecule has 0 aromatic heterocycles. The van der Waals surface area contributed by atoms with Gasteiger partial charge in [-0.15, -0.1) is 0 Å². The molecule has 1 atom stereocenters. The highest BCUT2D eigenvalue weighted by molar-refractivity contribution is 8.14. The van der Waals surface area contributed by atoms with E-state index in [-0.39, 0.29) is 11.1 Å². The van der Waals surface area contributed by atoms with E-state index in [0.29, 0.717) is 17.0 Å². The minimum Gasteiger partial charge on any atom is -0.291 e. The summed E-state index contributed by atoms with van der Waals surface area (Å²) in [6, 6.07) is 14.6. The van der Waals surface area contributed by atoms with Crippen molar-refractivity contribution in [3.63, 3.8) is 0 Å². The normalized spacial score (nSPS) is 17.0. The monoisotopic (exact) mass is 333 g/mol. The van der Waals surface area contributed by atoms with Gasteiger partial charge in [0.2, 0.25) is 0 Å². The predicted octanol–water partition coefficient (Wildman–Crippen LogP) is 4.14. The highest BCUT2D eigenvalue weighted by atomic mass is 35.5. The Morgan fingerprint density at radius 2 is 2.00 bits per heavy atom. The van der Waals surface area contributed by atoms with Gasteiger partial charge in [0.25, 0.3) is 5.69 Å².